The minimum Gasteiger partial charge on any atom is -0.462 e. The second-order valence-corrected chi connectivity index (χ2v) is 16.2. The maximum absolute atomic E-state index is 14.6. The molecule has 0 saturated carbocycles. The normalized spacial score (nSPS) is 19.3. The molecule has 0 bridgehead atoms. The number of aliphatic hydroxyl groups is 1. The van der Waals surface area contributed by atoms with Crippen LogP contribution in [0.3, 0.4) is 0 Å². The fourth-order valence-electron chi connectivity index (χ4n) is 7.66. The third kappa shape index (κ3) is 11.0. The monoisotopic (exact) mass is 805 g/mol. The Bertz CT molecular complexity index is 2050. The van der Waals surface area contributed by atoms with Gasteiger partial charge in [0.2, 0.25) is 12.0 Å². The van der Waals surface area contributed by atoms with Crippen LogP contribution in [0.15, 0.2) is 97.2 Å². The number of amides is 4. The second-order valence-electron chi connectivity index (χ2n) is 16.2. The van der Waals surface area contributed by atoms with Gasteiger partial charge in [-0.3, -0.25) is 20.2 Å². The number of pyridine rings is 2. The number of hydrazine groups is 1. The van der Waals surface area contributed by atoms with Gasteiger partial charge in [0.1, 0.15) is 6.61 Å². The number of aliphatic hydroxyl groups excluding tert-OH is 1. The molecular weight excluding hydrogens is 751 g/mol. The van der Waals surface area contributed by atoms with E-state index < -0.39 is 47.7 Å². The van der Waals surface area contributed by atoms with Crippen LogP contribution >= 0.6 is 0 Å². The minimum atomic E-state index is -1.21. The predicted octanol–water partition coefficient (Wildman–Crippen LogP) is 5.19. The summed E-state index contributed by atoms with van der Waals surface area (Å²) in [6.07, 6.45) is -0.542. The van der Waals surface area contributed by atoms with Gasteiger partial charge in [0.15, 0.2) is 0 Å². The Morgan fingerprint density at radius 1 is 1.02 bits per heavy atom. The molecule has 0 spiro atoms. The third-order valence-corrected chi connectivity index (χ3v) is 11.1. The molecule has 2 aromatic heterocycles. The Kier molecular flexibility index (Phi) is 14.0. The largest absolute Gasteiger partial charge is 0.462 e. The molecule has 59 heavy (non-hydrogen) atoms. The summed E-state index contributed by atoms with van der Waals surface area (Å²) in [5, 5.41) is 19.8. The maximum Gasteiger partial charge on any atom is 0.422 e. The number of aromatic nitrogens is 2. The summed E-state index contributed by atoms with van der Waals surface area (Å²) < 4.78 is 10.8. The van der Waals surface area contributed by atoms with Gasteiger partial charge in [0.05, 0.1) is 42.0 Å². The molecule has 6 unspecified atom stereocenters. The van der Waals surface area contributed by atoms with Crippen molar-refractivity contribution in [2.75, 3.05) is 19.7 Å². The quantitative estimate of drug-likeness (QED) is 0.0822. The zero-order valence-electron chi connectivity index (χ0n) is 34.3. The Morgan fingerprint density at radius 2 is 1.76 bits per heavy atom. The van der Waals surface area contributed by atoms with Crippen LogP contribution in [0, 0.1) is 24.2 Å². The van der Waals surface area contributed by atoms with Crippen molar-refractivity contribution in [1.82, 2.24) is 35.9 Å². The molecule has 2 aliphatic rings. The number of aryl methyl sites for hydroxylation is 1. The Balaban J connectivity index is 1.25. The number of urea groups is 1. The van der Waals surface area contributed by atoms with Gasteiger partial charge in [0.25, 0.3) is 0 Å². The number of nitrogens with zero attached hydrogens (tertiary/aromatic N) is 4. The van der Waals surface area contributed by atoms with Crippen molar-refractivity contribution in [3.63, 3.8) is 0 Å². The minimum absolute atomic E-state index is 0.110. The van der Waals surface area contributed by atoms with Crippen LogP contribution in [0.25, 0.3) is 11.3 Å². The number of nitrogens with one attached hydrogen (secondary N) is 3. The number of benzene rings is 2. The first-order chi connectivity index (χ1) is 28.3. The third-order valence-electron chi connectivity index (χ3n) is 11.1. The van der Waals surface area contributed by atoms with Crippen LogP contribution in [0.2, 0.25) is 0 Å². The molecule has 14 heteroatoms. The molecule has 0 radical (unpaired) electrons. The highest BCUT2D eigenvalue weighted by Crippen LogP contribution is 2.31. The first kappa shape index (κ1) is 42.7. The van der Waals surface area contributed by atoms with Crippen LogP contribution < -0.4 is 16.1 Å². The number of hydrogen-bond acceptors (Lipinski definition) is 10. The van der Waals surface area contributed by atoms with Crippen LogP contribution in [0.4, 0.5) is 9.59 Å². The SMILES string of the molecule is CCC(C)C(C(=O)NC(Cc1ccccc1)C(O)CN(Cc1ccc(-c2ccccn2)cc1)NC(=O)OC1C(=O)OCC1(C)C)C1CNC(=O)N1Cc1cccc(C)n1. The zero-order chi connectivity index (χ0) is 42.1. The number of rotatable bonds is 17. The molecule has 2 aliphatic heterocycles. The molecule has 312 valence electrons. The number of hydrogen-bond donors (Lipinski definition) is 4. The first-order valence-corrected chi connectivity index (χ1v) is 20.2. The molecule has 2 saturated heterocycles. The van der Waals surface area contributed by atoms with Gasteiger partial charge in [0, 0.05) is 42.5 Å². The maximum atomic E-state index is 14.6. The molecular formula is C45H55N7O7. The van der Waals surface area contributed by atoms with Gasteiger partial charge < -0.3 is 30.1 Å². The standard InChI is InChI=1S/C45H55N7O7/c1-6-29(2)39(37-24-47-43(56)52(37)26-34-16-12-13-30(3)48-34)41(54)49-36(23-31-14-8-7-9-15-31)38(53)27-51(50-44(57)59-40-42(55)58-28-45(40,4)5)25-32-18-20-33(21-19-32)35-17-10-11-22-46-35/h7-22,29,36-40,53H,6,23-28H2,1-5H3,(H,47,56)(H,49,54)(H,50,57). The number of carbonyl (C=O) groups excluding carboxylic acids is 4. The van der Waals surface area contributed by atoms with Crippen molar-refractivity contribution < 1.29 is 33.8 Å². The highest BCUT2D eigenvalue weighted by Gasteiger charge is 2.47. The van der Waals surface area contributed by atoms with E-state index in [0.29, 0.717) is 6.42 Å². The summed E-state index contributed by atoms with van der Waals surface area (Å²) in [6, 6.07) is 27.0. The molecule has 2 fully saturated rings. The van der Waals surface area contributed by atoms with E-state index in [4.69, 9.17) is 9.47 Å². The highest BCUT2D eigenvalue weighted by atomic mass is 16.6. The van der Waals surface area contributed by atoms with Crippen LogP contribution in [-0.2, 0) is 38.6 Å². The average molecular weight is 806 g/mol. The summed E-state index contributed by atoms with van der Waals surface area (Å²) in [7, 11) is 0. The van der Waals surface area contributed by atoms with Crippen molar-refractivity contribution in [3.05, 3.63) is 120 Å². The van der Waals surface area contributed by atoms with Gasteiger partial charge in [-0.15, -0.1) is 0 Å². The molecule has 4 heterocycles. The Labute approximate surface area is 345 Å². The van der Waals surface area contributed by atoms with Crippen LogP contribution in [0.5, 0.6) is 0 Å². The lowest BCUT2D eigenvalue weighted by Gasteiger charge is -2.35. The number of ether oxygens (including phenoxy) is 2. The molecule has 6 rings (SSSR count). The smallest absolute Gasteiger partial charge is 0.422 e. The average Bonchev–Trinajstić information content (AvgIpc) is 3.70. The van der Waals surface area contributed by atoms with Crippen LogP contribution in [-0.4, -0.2) is 93.0 Å². The second kappa shape index (κ2) is 19.3. The summed E-state index contributed by atoms with van der Waals surface area (Å²) in [5.41, 5.74) is 6.97. The molecule has 14 nitrogen and oxygen atoms in total. The van der Waals surface area contributed by atoms with E-state index in [9.17, 15) is 24.3 Å². The summed E-state index contributed by atoms with van der Waals surface area (Å²) >= 11 is 0. The predicted molar refractivity (Wildman–Crippen MR) is 221 cm³/mol. The van der Waals surface area contributed by atoms with E-state index in [-0.39, 0.29) is 57.1 Å². The molecule has 4 N–H and O–H groups in total. The van der Waals surface area contributed by atoms with Gasteiger partial charge >= 0.3 is 18.1 Å². The summed E-state index contributed by atoms with van der Waals surface area (Å²) in [6.45, 7) is 10.1. The van der Waals surface area contributed by atoms with Crippen molar-refractivity contribution in [2.24, 2.45) is 17.3 Å². The van der Waals surface area contributed by atoms with Gasteiger partial charge in [-0.1, -0.05) is 101 Å². The lowest BCUT2D eigenvalue weighted by molar-refractivity contribution is -0.145. The topological polar surface area (TPSA) is 175 Å². The molecule has 6 atom stereocenters. The first-order valence-electron chi connectivity index (χ1n) is 20.2. The number of carbonyl (C=O) groups is 4. The van der Waals surface area contributed by atoms with Crippen LogP contribution in [0.1, 0.15) is 56.6 Å². The number of esters is 1. The fraction of sp³-hybridized carbons (Fsp3) is 0.422. The summed E-state index contributed by atoms with van der Waals surface area (Å²) in [5.74, 6) is -1.67. The van der Waals surface area contributed by atoms with Gasteiger partial charge in [-0.2, -0.15) is 0 Å². The number of cyclic esters (lactones) is 1. The lowest BCUT2D eigenvalue weighted by atomic mass is 9.83. The molecule has 0 aliphatic carbocycles. The Hall–Kier alpha value is -5.86. The van der Waals surface area contributed by atoms with Crippen molar-refractivity contribution in [2.45, 2.75) is 84.8 Å². The van der Waals surface area contributed by atoms with E-state index in [1.807, 2.05) is 112 Å². The highest BCUT2D eigenvalue weighted by molar-refractivity contribution is 5.83. The molecule has 4 aromatic rings. The summed E-state index contributed by atoms with van der Waals surface area (Å²) in [4.78, 5) is 64.5. The Morgan fingerprint density at radius 3 is 2.42 bits per heavy atom. The molecule has 4 amide bonds. The van der Waals surface area contributed by atoms with E-state index in [1.54, 1.807) is 24.9 Å². The van der Waals surface area contributed by atoms with Crippen molar-refractivity contribution in [1.29, 1.82) is 0 Å². The van der Waals surface area contributed by atoms with E-state index >= 15 is 0 Å². The van der Waals surface area contributed by atoms with Gasteiger partial charge in [-0.25, -0.2) is 19.4 Å². The fourth-order valence-corrected chi connectivity index (χ4v) is 7.66. The van der Waals surface area contributed by atoms with E-state index in [0.717, 1.165) is 33.8 Å². The van der Waals surface area contributed by atoms with Gasteiger partial charge in [-0.05, 0) is 54.7 Å². The zero-order valence-corrected chi connectivity index (χ0v) is 34.3. The molecule has 2 aromatic carbocycles. The van der Waals surface area contributed by atoms with Crippen molar-refractivity contribution >= 4 is 24.0 Å². The van der Waals surface area contributed by atoms with E-state index in [2.05, 4.69) is 26.0 Å². The van der Waals surface area contributed by atoms with Crippen molar-refractivity contribution in [3.8, 4) is 11.3 Å². The lowest BCUT2D eigenvalue weighted by Crippen LogP contribution is -2.56. The van der Waals surface area contributed by atoms with E-state index in [1.165, 1.54) is 5.01 Å².